The van der Waals surface area contributed by atoms with Crippen LogP contribution in [-0.2, 0) is 27.3 Å². The summed E-state index contributed by atoms with van der Waals surface area (Å²) in [6.07, 6.45) is 5.83. The lowest BCUT2D eigenvalue weighted by molar-refractivity contribution is -0.159. The van der Waals surface area contributed by atoms with Crippen LogP contribution in [0.2, 0.25) is 0 Å². The number of hydrogen-bond acceptors (Lipinski definition) is 7. The highest BCUT2D eigenvalue weighted by atomic mass is 16.5. The summed E-state index contributed by atoms with van der Waals surface area (Å²) in [4.78, 5) is 22.1. The van der Waals surface area contributed by atoms with Crippen LogP contribution in [0.3, 0.4) is 0 Å². The van der Waals surface area contributed by atoms with Crippen LogP contribution in [0.25, 0.3) is 0 Å². The molecular formula is C18H23N3O7. The summed E-state index contributed by atoms with van der Waals surface area (Å²) >= 11 is 0. The number of carboxylic acid groups (broad SMARTS) is 2. The van der Waals surface area contributed by atoms with Gasteiger partial charge in [-0.3, -0.25) is 4.68 Å². The van der Waals surface area contributed by atoms with Gasteiger partial charge in [0.15, 0.2) is 11.5 Å². The molecule has 0 aliphatic carbocycles. The molecule has 2 aromatic rings. The Morgan fingerprint density at radius 1 is 1.18 bits per heavy atom. The van der Waals surface area contributed by atoms with Crippen LogP contribution < -0.4 is 9.47 Å². The molecule has 0 radical (unpaired) electrons. The number of aromatic nitrogens is 3. The Hall–Kier alpha value is -3.40. The van der Waals surface area contributed by atoms with Crippen molar-refractivity contribution in [1.29, 1.82) is 0 Å². The predicted molar refractivity (Wildman–Crippen MR) is 98.5 cm³/mol. The van der Waals surface area contributed by atoms with E-state index in [-0.39, 0.29) is 0 Å². The molecule has 28 heavy (non-hydrogen) atoms. The number of allylic oxidation sites excluding steroid dienone is 1. The van der Waals surface area contributed by atoms with Gasteiger partial charge in [0.1, 0.15) is 19.3 Å². The van der Waals surface area contributed by atoms with Gasteiger partial charge in [-0.1, -0.05) is 12.1 Å². The van der Waals surface area contributed by atoms with Crippen LogP contribution in [0.5, 0.6) is 11.5 Å². The van der Waals surface area contributed by atoms with Gasteiger partial charge < -0.3 is 24.4 Å². The summed E-state index contributed by atoms with van der Waals surface area (Å²) in [6, 6.07) is 5.88. The highest BCUT2D eigenvalue weighted by Gasteiger charge is 2.05. The van der Waals surface area contributed by atoms with E-state index in [4.69, 9.17) is 34.0 Å². The van der Waals surface area contributed by atoms with Gasteiger partial charge in [0.2, 0.25) is 0 Å². The number of aliphatic carboxylic acids is 2. The number of rotatable bonds is 10. The fourth-order valence-corrected chi connectivity index (χ4v) is 1.94. The van der Waals surface area contributed by atoms with Crippen molar-refractivity contribution in [2.24, 2.45) is 0 Å². The summed E-state index contributed by atoms with van der Waals surface area (Å²) in [7, 11) is 1.63. The van der Waals surface area contributed by atoms with E-state index in [1.54, 1.807) is 18.1 Å². The molecular weight excluding hydrogens is 370 g/mol. The van der Waals surface area contributed by atoms with E-state index in [0.29, 0.717) is 26.4 Å². The normalized spacial score (nSPS) is 9.75. The molecule has 1 heterocycles. The topological polar surface area (TPSA) is 133 Å². The minimum absolute atomic E-state index is 0.467. The zero-order chi connectivity index (χ0) is 20.8. The molecule has 0 amide bonds. The summed E-state index contributed by atoms with van der Waals surface area (Å²) in [5, 5.41) is 18.8. The second-order valence-electron chi connectivity index (χ2n) is 5.21. The molecule has 0 aliphatic heterocycles. The van der Waals surface area contributed by atoms with Crippen molar-refractivity contribution in [2.75, 3.05) is 26.9 Å². The first-order valence-corrected chi connectivity index (χ1v) is 8.25. The molecule has 0 aliphatic rings. The van der Waals surface area contributed by atoms with E-state index in [1.165, 1.54) is 6.33 Å². The van der Waals surface area contributed by atoms with Crippen LogP contribution in [0.15, 0.2) is 43.5 Å². The number of hydrogen-bond donors (Lipinski definition) is 2. The Labute approximate surface area is 162 Å². The largest absolute Gasteiger partial charge is 0.493 e. The van der Waals surface area contributed by atoms with Crippen molar-refractivity contribution in [1.82, 2.24) is 14.8 Å². The van der Waals surface area contributed by atoms with Crippen molar-refractivity contribution in [3.8, 4) is 11.5 Å². The number of methoxy groups -OCH3 is 1. The van der Waals surface area contributed by atoms with Gasteiger partial charge in [-0.15, -0.1) is 6.58 Å². The second-order valence-corrected chi connectivity index (χ2v) is 5.21. The molecule has 0 atom stereocenters. The fraction of sp³-hybridized carbons (Fsp3) is 0.333. The highest BCUT2D eigenvalue weighted by Crippen LogP contribution is 2.28. The lowest BCUT2D eigenvalue weighted by atomic mass is 10.1. The molecule has 2 rings (SSSR count). The van der Waals surface area contributed by atoms with Crippen molar-refractivity contribution >= 4 is 11.9 Å². The third-order valence-corrected chi connectivity index (χ3v) is 3.21. The van der Waals surface area contributed by atoms with Gasteiger partial charge in [-0.2, -0.15) is 5.10 Å². The first kappa shape index (κ1) is 22.6. The maximum Gasteiger partial charge on any atom is 0.414 e. The molecule has 1 aromatic carbocycles. The van der Waals surface area contributed by atoms with Crippen molar-refractivity contribution < 1.29 is 34.0 Å². The number of carboxylic acids is 2. The SMILES string of the molecule is C=CCc1ccc(OCCOCCn2cncn2)c(OC)c1.O=C(O)C(=O)O. The standard InChI is InChI=1S/C16H21N3O3.C2H2O4/c1-3-4-14-5-6-15(16(11-14)20-2)22-10-9-21-8-7-19-13-17-12-18-19;3-1(4)2(5)6/h3,5-6,11-13H,1,4,7-10H2,2H3;(H,3,4)(H,5,6). The Balaban J connectivity index is 0.000000568. The molecule has 0 spiro atoms. The lowest BCUT2D eigenvalue weighted by Gasteiger charge is -2.12. The minimum Gasteiger partial charge on any atom is -0.493 e. The zero-order valence-electron chi connectivity index (χ0n) is 15.5. The smallest absolute Gasteiger partial charge is 0.414 e. The number of carbonyl (C=O) groups is 2. The van der Waals surface area contributed by atoms with E-state index in [9.17, 15) is 0 Å². The highest BCUT2D eigenvalue weighted by molar-refractivity contribution is 6.27. The van der Waals surface area contributed by atoms with Gasteiger partial charge in [0.25, 0.3) is 0 Å². The lowest BCUT2D eigenvalue weighted by Crippen LogP contribution is -2.12. The monoisotopic (exact) mass is 393 g/mol. The van der Waals surface area contributed by atoms with Crippen molar-refractivity contribution in [3.63, 3.8) is 0 Å². The molecule has 0 saturated heterocycles. The number of ether oxygens (including phenoxy) is 3. The van der Waals surface area contributed by atoms with E-state index in [1.807, 2.05) is 24.3 Å². The quantitative estimate of drug-likeness (QED) is 0.348. The summed E-state index contributed by atoms with van der Waals surface area (Å²) in [5.41, 5.74) is 1.14. The fourth-order valence-electron chi connectivity index (χ4n) is 1.94. The first-order chi connectivity index (χ1) is 13.5. The molecule has 0 unspecified atom stereocenters. The number of nitrogens with zero attached hydrogens (tertiary/aromatic N) is 3. The van der Waals surface area contributed by atoms with E-state index in [2.05, 4.69) is 16.7 Å². The Kier molecular flexibility index (Phi) is 10.4. The van der Waals surface area contributed by atoms with Gasteiger partial charge in [-0.25, -0.2) is 14.6 Å². The van der Waals surface area contributed by atoms with Gasteiger partial charge >= 0.3 is 11.9 Å². The van der Waals surface area contributed by atoms with Crippen LogP contribution in [0.1, 0.15) is 5.56 Å². The molecule has 152 valence electrons. The average Bonchev–Trinajstić information content (AvgIpc) is 3.19. The molecule has 0 saturated carbocycles. The molecule has 10 heteroatoms. The average molecular weight is 393 g/mol. The van der Waals surface area contributed by atoms with Gasteiger partial charge in [0, 0.05) is 0 Å². The third-order valence-electron chi connectivity index (χ3n) is 3.21. The van der Waals surface area contributed by atoms with Crippen LogP contribution in [0.4, 0.5) is 0 Å². The third kappa shape index (κ3) is 8.81. The van der Waals surface area contributed by atoms with Crippen molar-refractivity contribution in [3.05, 3.63) is 49.1 Å². The van der Waals surface area contributed by atoms with Gasteiger partial charge in [-0.05, 0) is 24.1 Å². The van der Waals surface area contributed by atoms with Crippen molar-refractivity contribution in [2.45, 2.75) is 13.0 Å². The van der Waals surface area contributed by atoms with Crippen LogP contribution in [0, 0.1) is 0 Å². The maximum absolute atomic E-state index is 9.10. The minimum atomic E-state index is -1.82. The van der Waals surface area contributed by atoms with Gasteiger partial charge in [0.05, 0.1) is 26.9 Å². The zero-order valence-corrected chi connectivity index (χ0v) is 15.5. The van der Waals surface area contributed by atoms with E-state index in [0.717, 1.165) is 23.5 Å². The predicted octanol–water partition coefficient (Wildman–Crippen LogP) is 1.27. The second kappa shape index (κ2) is 12.9. The van der Waals surface area contributed by atoms with Crippen LogP contribution in [-0.4, -0.2) is 63.8 Å². The molecule has 1 aromatic heterocycles. The Morgan fingerprint density at radius 2 is 1.93 bits per heavy atom. The first-order valence-electron chi connectivity index (χ1n) is 8.25. The van der Waals surface area contributed by atoms with E-state index >= 15 is 0 Å². The Bertz CT molecular complexity index is 736. The van der Waals surface area contributed by atoms with Crippen LogP contribution >= 0.6 is 0 Å². The molecule has 0 fully saturated rings. The summed E-state index contributed by atoms with van der Waals surface area (Å²) in [6.45, 7) is 5.96. The maximum atomic E-state index is 9.10. The summed E-state index contributed by atoms with van der Waals surface area (Å²) in [5.74, 6) is -2.21. The number of benzene rings is 1. The molecule has 10 nitrogen and oxygen atoms in total. The molecule has 0 bridgehead atoms. The van der Waals surface area contributed by atoms with E-state index < -0.39 is 11.9 Å². The Morgan fingerprint density at radius 3 is 2.50 bits per heavy atom. The molecule has 2 N–H and O–H groups in total. The summed E-state index contributed by atoms with van der Waals surface area (Å²) < 4.78 is 18.2.